The van der Waals surface area contributed by atoms with E-state index in [4.69, 9.17) is 4.74 Å². The third-order valence-corrected chi connectivity index (χ3v) is 4.82. The number of hydrogen-bond donors (Lipinski definition) is 0. The summed E-state index contributed by atoms with van der Waals surface area (Å²) in [6.45, 7) is 4.96. The lowest BCUT2D eigenvalue weighted by molar-refractivity contribution is 0.0515. The summed E-state index contributed by atoms with van der Waals surface area (Å²) in [5.41, 5.74) is 4.08. The van der Waals surface area contributed by atoms with E-state index >= 15 is 0 Å². The highest BCUT2D eigenvalue weighted by atomic mass is 16.5. The molecule has 0 unspecified atom stereocenters. The molecule has 0 saturated heterocycles. The van der Waals surface area contributed by atoms with Crippen LogP contribution in [0.5, 0.6) is 0 Å². The molecule has 3 aromatic carbocycles. The molecule has 0 aliphatic rings. The van der Waals surface area contributed by atoms with Crippen LogP contribution in [0.15, 0.2) is 66.7 Å². The molecule has 4 aromatic rings. The number of aryl methyl sites for hydroxylation is 1. The maximum atomic E-state index is 12.5. The normalized spacial score (nSPS) is 11.2. The number of nitrogens with zero attached hydrogens (tertiary/aromatic N) is 1. The molecule has 0 aliphatic heterocycles. The van der Waals surface area contributed by atoms with Crippen molar-refractivity contribution in [2.45, 2.75) is 20.4 Å². The molecule has 3 nitrogen and oxygen atoms in total. The predicted octanol–water partition coefficient (Wildman–Crippen LogP) is 5.33. The Balaban J connectivity index is 1.90. The lowest BCUT2D eigenvalue weighted by Crippen LogP contribution is -2.13. The van der Waals surface area contributed by atoms with E-state index in [1.807, 2.05) is 31.2 Å². The highest BCUT2D eigenvalue weighted by Gasteiger charge is 2.17. The topological polar surface area (TPSA) is 31.2 Å². The number of benzene rings is 3. The van der Waals surface area contributed by atoms with Gasteiger partial charge in [0.05, 0.1) is 6.61 Å². The molecular formula is C23H21NO2. The number of rotatable bonds is 4. The molecule has 0 saturated carbocycles. The van der Waals surface area contributed by atoms with Gasteiger partial charge in [0.15, 0.2) is 0 Å². The SMILES string of the molecule is CCOC(=O)c1cc2ccccc2n1Cc1cccc2cccc(C)c12. The van der Waals surface area contributed by atoms with Gasteiger partial charge in [0.25, 0.3) is 0 Å². The van der Waals surface area contributed by atoms with Gasteiger partial charge in [-0.2, -0.15) is 0 Å². The fourth-order valence-electron chi connectivity index (χ4n) is 3.68. The summed E-state index contributed by atoms with van der Waals surface area (Å²) in [5, 5.41) is 3.52. The molecule has 4 rings (SSSR count). The molecule has 0 fully saturated rings. The molecule has 1 aromatic heterocycles. The lowest BCUT2D eigenvalue weighted by atomic mass is 10.00. The Morgan fingerprint density at radius 2 is 1.69 bits per heavy atom. The summed E-state index contributed by atoms with van der Waals surface area (Å²) < 4.78 is 7.35. The number of aromatic nitrogens is 1. The molecule has 0 N–H and O–H groups in total. The molecule has 0 radical (unpaired) electrons. The molecule has 0 aliphatic carbocycles. The van der Waals surface area contributed by atoms with Gasteiger partial charge in [-0.25, -0.2) is 4.79 Å². The van der Waals surface area contributed by atoms with Crippen LogP contribution < -0.4 is 0 Å². The minimum Gasteiger partial charge on any atom is -0.461 e. The third kappa shape index (κ3) is 2.76. The Kier molecular flexibility index (Phi) is 4.21. The van der Waals surface area contributed by atoms with Crippen LogP contribution in [0.4, 0.5) is 0 Å². The van der Waals surface area contributed by atoms with Crippen molar-refractivity contribution < 1.29 is 9.53 Å². The molecular weight excluding hydrogens is 322 g/mol. The number of fused-ring (bicyclic) bond motifs is 2. The van der Waals surface area contributed by atoms with Gasteiger partial charge in [-0.05, 0) is 47.9 Å². The van der Waals surface area contributed by atoms with Gasteiger partial charge in [0, 0.05) is 17.4 Å². The number of carbonyl (C=O) groups excluding carboxylic acids is 1. The van der Waals surface area contributed by atoms with Crippen LogP contribution in [0.3, 0.4) is 0 Å². The molecule has 0 amide bonds. The van der Waals surface area contributed by atoms with Gasteiger partial charge < -0.3 is 9.30 Å². The first-order valence-electron chi connectivity index (χ1n) is 8.91. The number of carbonyl (C=O) groups is 1. The quantitative estimate of drug-likeness (QED) is 0.469. The van der Waals surface area contributed by atoms with Crippen molar-refractivity contribution in [1.29, 1.82) is 0 Å². The van der Waals surface area contributed by atoms with Crippen molar-refractivity contribution in [2.24, 2.45) is 0 Å². The zero-order valence-corrected chi connectivity index (χ0v) is 15.0. The second kappa shape index (κ2) is 6.68. The minimum atomic E-state index is -0.277. The standard InChI is InChI=1S/C23H21NO2/c1-3-26-23(25)21-14-18-9-4-5-13-20(18)24(21)15-19-12-7-11-17-10-6-8-16(2)22(17)19/h4-14H,3,15H2,1-2H3. The first-order chi connectivity index (χ1) is 12.7. The van der Waals surface area contributed by atoms with Crippen molar-refractivity contribution in [1.82, 2.24) is 4.57 Å². The highest BCUT2D eigenvalue weighted by Crippen LogP contribution is 2.27. The second-order valence-electron chi connectivity index (χ2n) is 6.49. The van der Waals surface area contributed by atoms with Crippen LogP contribution >= 0.6 is 0 Å². The first kappa shape index (κ1) is 16.4. The van der Waals surface area contributed by atoms with E-state index in [0.717, 1.165) is 10.9 Å². The summed E-state index contributed by atoms with van der Waals surface area (Å²) in [6.07, 6.45) is 0. The predicted molar refractivity (Wildman–Crippen MR) is 106 cm³/mol. The average molecular weight is 343 g/mol. The van der Waals surface area contributed by atoms with E-state index in [0.29, 0.717) is 18.8 Å². The summed E-state index contributed by atoms with van der Waals surface area (Å²) >= 11 is 0. The number of esters is 1. The zero-order chi connectivity index (χ0) is 18.1. The van der Waals surface area contributed by atoms with Gasteiger partial charge in [-0.3, -0.25) is 0 Å². The first-order valence-corrected chi connectivity index (χ1v) is 8.91. The molecule has 3 heteroatoms. The van der Waals surface area contributed by atoms with Crippen molar-refractivity contribution in [2.75, 3.05) is 6.61 Å². The van der Waals surface area contributed by atoms with Crippen LogP contribution in [-0.4, -0.2) is 17.1 Å². The van der Waals surface area contributed by atoms with Crippen LogP contribution in [-0.2, 0) is 11.3 Å². The molecule has 0 atom stereocenters. The van der Waals surface area contributed by atoms with E-state index < -0.39 is 0 Å². The van der Waals surface area contributed by atoms with Crippen molar-refractivity contribution in [3.05, 3.63) is 83.6 Å². The Bertz CT molecular complexity index is 1100. The number of para-hydroxylation sites is 1. The minimum absolute atomic E-state index is 0.277. The van der Waals surface area contributed by atoms with Gasteiger partial charge >= 0.3 is 5.97 Å². The molecule has 130 valence electrons. The van der Waals surface area contributed by atoms with E-state index in [-0.39, 0.29) is 5.97 Å². The van der Waals surface area contributed by atoms with Crippen LogP contribution in [0, 0.1) is 6.92 Å². The molecule has 26 heavy (non-hydrogen) atoms. The zero-order valence-electron chi connectivity index (χ0n) is 15.0. The third-order valence-electron chi connectivity index (χ3n) is 4.82. The largest absolute Gasteiger partial charge is 0.461 e. The summed E-state index contributed by atoms with van der Waals surface area (Å²) in [7, 11) is 0. The monoisotopic (exact) mass is 343 g/mol. The molecule has 1 heterocycles. The summed E-state index contributed by atoms with van der Waals surface area (Å²) in [4.78, 5) is 12.5. The van der Waals surface area contributed by atoms with E-state index in [1.54, 1.807) is 0 Å². The molecule has 0 spiro atoms. The van der Waals surface area contributed by atoms with E-state index in [1.165, 1.54) is 21.9 Å². The van der Waals surface area contributed by atoms with E-state index in [9.17, 15) is 4.79 Å². The van der Waals surface area contributed by atoms with Crippen molar-refractivity contribution in [3.8, 4) is 0 Å². The van der Waals surface area contributed by atoms with Crippen LogP contribution in [0.1, 0.15) is 28.5 Å². The Hall–Kier alpha value is -3.07. The second-order valence-corrected chi connectivity index (χ2v) is 6.49. The lowest BCUT2D eigenvalue weighted by Gasteiger charge is -2.14. The Morgan fingerprint density at radius 3 is 2.50 bits per heavy atom. The molecule has 0 bridgehead atoms. The Labute approximate surface area is 152 Å². The maximum absolute atomic E-state index is 12.5. The van der Waals surface area contributed by atoms with Crippen molar-refractivity contribution in [3.63, 3.8) is 0 Å². The maximum Gasteiger partial charge on any atom is 0.354 e. The van der Waals surface area contributed by atoms with Gasteiger partial charge in [-0.15, -0.1) is 0 Å². The fraction of sp³-hybridized carbons (Fsp3) is 0.174. The fourth-order valence-corrected chi connectivity index (χ4v) is 3.68. The van der Waals surface area contributed by atoms with Crippen LogP contribution in [0.25, 0.3) is 21.7 Å². The smallest absolute Gasteiger partial charge is 0.354 e. The highest BCUT2D eigenvalue weighted by molar-refractivity contribution is 5.96. The summed E-state index contributed by atoms with van der Waals surface area (Å²) in [6, 6.07) is 22.7. The number of hydrogen-bond acceptors (Lipinski definition) is 2. The average Bonchev–Trinajstić information content (AvgIpc) is 3.01. The van der Waals surface area contributed by atoms with E-state index in [2.05, 4.69) is 54.0 Å². The van der Waals surface area contributed by atoms with Gasteiger partial charge in [0.1, 0.15) is 5.69 Å². The summed E-state index contributed by atoms with van der Waals surface area (Å²) in [5.74, 6) is -0.277. The van der Waals surface area contributed by atoms with Crippen molar-refractivity contribution >= 4 is 27.6 Å². The van der Waals surface area contributed by atoms with Crippen LogP contribution in [0.2, 0.25) is 0 Å². The van der Waals surface area contributed by atoms with Gasteiger partial charge in [-0.1, -0.05) is 54.6 Å². The Morgan fingerprint density at radius 1 is 0.962 bits per heavy atom. The number of ether oxygens (including phenoxy) is 1. The van der Waals surface area contributed by atoms with Gasteiger partial charge in [0.2, 0.25) is 0 Å².